The molecule has 1 N–H and O–H groups in total. The summed E-state index contributed by atoms with van der Waals surface area (Å²) in [6, 6.07) is 10.8. The van der Waals surface area contributed by atoms with E-state index >= 15 is 0 Å². The van der Waals surface area contributed by atoms with Crippen LogP contribution >= 0.6 is 22.9 Å². The highest BCUT2D eigenvalue weighted by Crippen LogP contribution is 2.36. The normalized spacial score (nSPS) is 12.2. The Morgan fingerprint density at radius 1 is 1.12 bits per heavy atom. The van der Waals surface area contributed by atoms with E-state index < -0.39 is 6.04 Å². The highest BCUT2D eigenvalue weighted by Gasteiger charge is 2.22. The van der Waals surface area contributed by atoms with Crippen LogP contribution in [0.25, 0.3) is 21.3 Å². The molecule has 164 valence electrons. The zero-order valence-electron chi connectivity index (χ0n) is 18.6. The van der Waals surface area contributed by atoms with Crippen LogP contribution in [0.4, 0.5) is 5.69 Å². The molecule has 0 aliphatic carbocycles. The second-order valence-electron chi connectivity index (χ2n) is 8.05. The summed E-state index contributed by atoms with van der Waals surface area (Å²) in [4.78, 5) is 32.7. The first-order chi connectivity index (χ1) is 15.2. The van der Waals surface area contributed by atoms with Gasteiger partial charge in [-0.05, 0) is 69.0 Å². The van der Waals surface area contributed by atoms with Gasteiger partial charge in [-0.1, -0.05) is 35.9 Å². The van der Waals surface area contributed by atoms with Crippen LogP contribution in [0, 0.1) is 27.7 Å². The number of carbonyl (C=O) groups is 1. The third-order valence-corrected chi connectivity index (χ3v) is 7.35. The second-order valence-corrected chi connectivity index (χ2v) is 9.66. The number of fused-ring (bicyclic) bond motifs is 1. The molecular formula is C25H24ClN3O2S. The molecule has 0 aliphatic rings. The fourth-order valence-corrected chi connectivity index (χ4v) is 4.92. The fraction of sp³-hybridized carbons (Fsp3) is 0.240. The van der Waals surface area contributed by atoms with Crippen molar-refractivity contribution in [1.82, 2.24) is 9.55 Å². The molecule has 5 nitrogen and oxygen atoms in total. The maximum absolute atomic E-state index is 13.5. The molecular weight excluding hydrogens is 442 g/mol. The first-order valence-electron chi connectivity index (χ1n) is 10.3. The maximum atomic E-state index is 13.5. The molecule has 32 heavy (non-hydrogen) atoms. The van der Waals surface area contributed by atoms with Crippen molar-refractivity contribution in [1.29, 1.82) is 0 Å². The van der Waals surface area contributed by atoms with Crippen LogP contribution in [0.1, 0.15) is 34.5 Å². The average molecular weight is 466 g/mol. The van der Waals surface area contributed by atoms with Crippen LogP contribution in [0.15, 0.2) is 47.5 Å². The lowest BCUT2D eigenvalue weighted by Crippen LogP contribution is -2.32. The van der Waals surface area contributed by atoms with Crippen LogP contribution in [-0.2, 0) is 4.79 Å². The van der Waals surface area contributed by atoms with Crippen LogP contribution < -0.4 is 10.9 Å². The quantitative estimate of drug-likeness (QED) is 0.389. The predicted molar refractivity (Wildman–Crippen MR) is 133 cm³/mol. The van der Waals surface area contributed by atoms with Gasteiger partial charge in [0.1, 0.15) is 10.9 Å². The third kappa shape index (κ3) is 3.85. The summed E-state index contributed by atoms with van der Waals surface area (Å²) in [5, 5.41) is 4.01. The standard InChI is InChI=1S/C25H24ClN3O2S/c1-13-9-10-18(11-14(13)2)21-17(5)32-24-22(21)25(31)29(12-27-24)16(4)23(30)28-20-8-6-7-19(26)15(20)3/h6-12,16H,1-5H3,(H,28,30). The number of benzene rings is 2. The Balaban J connectivity index is 1.78. The van der Waals surface area contributed by atoms with Gasteiger partial charge in [0.2, 0.25) is 5.91 Å². The van der Waals surface area contributed by atoms with Crippen molar-refractivity contribution >= 4 is 44.7 Å². The lowest BCUT2D eigenvalue weighted by atomic mass is 9.99. The van der Waals surface area contributed by atoms with E-state index in [1.165, 1.54) is 27.8 Å². The lowest BCUT2D eigenvalue weighted by Gasteiger charge is -2.16. The summed E-state index contributed by atoms with van der Waals surface area (Å²) in [6.45, 7) is 9.65. The number of nitrogens with one attached hydrogen (secondary N) is 1. The van der Waals surface area contributed by atoms with E-state index in [1.54, 1.807) is 25.1 Å². The molecule has 2 aromatic heterocycles. The number of aryl methyl sites for hydroxylation is 3. The number of aromatic nitrogens is 2. The molecule has 0 fully saturated rings. The van der Waals surface area contributed by atoms with Gasteiger partial charge >= 0.3 is 0 Å². The van der Waals surface area contributed by atoms with Crippen molar-refractivity contribution in [2.24, 2.45) is 0 Å². The van der Waals surface area contributed by atoms with E-state index in [1.807, 2.05) is 19.9 Å². The summed E-state index contributed by atoms with van der Waals surface area (Å²) in [5.74, 6) is -0.307. The highest BCUT2D eigenvalue weighted by molar-refractivity contribution is 7.19. The molecule has 2 aromatic carbocycles. The minimum atomic E-state index is -0.745. The van der Waals surface area contributed by atoms with E-state index in [0.717, 1.165) is 27.1 Å². The molecule has 0 spiro atoms. The van der Waals surface area contributed by atoms with Crippen molar-refractivity contribution in [3.63, 3.8) is 0 Å². The summed E-state index contributed by atoms with van der Waals surface area (Å²) < 4.78 is 1.40. The van der Waals surface area contributed by atoms with Crippen molar-refractivity contribution in [3.05, 3.63) is 79.7 Å². The molecule has 7 heteroatoms. The number of hydrogen-bond donors (Lipinski definition) is 1. The number of anilines is 1. The fourth-order valence-electron chi connectivity index (χ4n) is 3.74. The second kappa shape index (κ2) is 8.52. The van der Waals surface area contributed by atoms with Gasteiger partial charge < -0.3 is 5.32 Å². The van der Waals surface area contributed by atoms with Crippen LogP contribution in [0.2, 0.25) is 5.02 Å². The highest BCUT2D eigenvalue weighted by atomic mass is 35.5. The molecule has 4 aromatic rings. The molecule has 1 amide bonds. The van der Waals surface area contributed by atoms with Gasteiger partial charge in [0.15, 0.2) is 0 Å². The summed E-state index contributed by atoms with van der Waals surface area (Å²) >= 11 is 7.66. The van der Waals surface area contributed by atoms with Crippen LogP contribution in [-0.4, -0.2) is 15.5 Å². The number of halogens is 1. The number of nitrogens with zero attached hydrogens (tertiary/aromatic N) is 2. The Labute approximate surface area is 195 Å². The van der Waals surface area contributed by atoms with Gasteiger partial charge in [-0.15, -0.1) is 11.3 Å². The number of rotatable bonds is 4. The summed E-state index contributed by atoms with van der Waals surface area (Å²) in [6.07, 6.45) is 1.46. The van der Waals surface area contributed by atoms with Crippen LogP contribution in [0.3, 0.4) is 0 Å². The van der Waals surface area contributed by atoms with Gasteiger partial charge in [-0.2, -0.15) is 0 Å². The molecule has 4 rings (SSSR count). The van der Waals surface area contributed by atoms with Crippen molar-refractivity contribution in [2.75, 3.05) is 5.32 Å². The minimum Gasteiger partial charge on any atom is -0.324 e. The Morgan fingerprint density at radius 3 is 2.59 bits per heavy atom. The topological polar surface area (TPSA) is 64.0 Å². The maximum Gasteiger partial charge on any atom is 0.263 e. The van der Waals surface area contributed by atoms with E-state index in [0.29, 0.717) is 20.9 Å². The first-order valence-corrected chi connectivity index (χ1v) is 11.5. The van der Waals surface area contributed by atoms with Crippen molar-refractivity contribution in [3.8, 4) is 11.1 Å². The summed E-state index contributed by atoms with van der Waals surface area (Å²) in [7, 11) is 0. The summed E-state index contributed by atoms with van der Waals surface area (Å²) in [5.41, 5.74) is 5.41. The molecule has 0 bridgehead atoms. The van der Waals surface area contributed by atoms with Gasteiger partial charge in [-0.25, -0.2) is 4.98 Å². The van der Waals surface area contributed by atoms with Crippen LogP contribution in [0.5, 0.6) is 0 Å². The number of amides is 1. The largest absolute Gasteiger partial charge is 0.324 e. The van der Waals surface area contributed by atoms with Gasteiger partial charge in [0, 0.05) is 21.2 Å². The molecule has 0 aliphatic heterocycles. The number of hydrogen-bond acceptors (Lipinski definition) is 4. The van der Waals surface area contributed by atoms with E-state index in [2.05, 4.69) is 36.3 Å². The third-order valence-electron chi connectivity index (χ3n) is 5.93. The zero-order chi connectivity index (χ0) is 23.2. The monoisotopic (exact) mass is 465 g/mol. The Hall–Kier alpha value is -2.96. The Kier molecular flexibility index (Phi) is 5.93. The number of carbonyl (C=O) groups excluding carboxylic acids is 1. The van der Waals surface area contributed by atoms with E-state index in [4.69, 9.17) is 11.6 Å². The van der Waals surface area contributed by atoms with Crippen molar-refractivity contribution < 1.29 is 4.79 Å². The first kappa shape index (κ1) is 22.2. The SMILES string of the molecule is Cc1ccc(-c2c(C)sc3ncn(C(C)C(=O)Nc4cccc(Cl)c4C)c(=O)c23)cc1C. The molecule has 0 saturated carbocycles. The van der Waals surface area contributed by atoms with E-state index in [-0.39, 0.29) is 11.5 Å². The van der Waals surface area contributed by atoms with Gasteiger partial charge in [-0.3, -0.25) is 14.2 Å². The molecule has 2 heterocycles. The molecule has 1 atom stereocenters. The molecule has 0 saturated heterocycles. The minimum absolute atomic E-state index is 0.224. The predicted octanol–water partition coefficient (Wildman–Crippen LogP) is 6.21. The van der Waals surface area contributed by atoms with Crippen molar-refractivity contribution in [2.45, 2.75) is 40.7 Å². The van der Waals surface area contributed by atoms with E-state index in [9.17, 15) is 9.59 Å². The van der Waals surface area contributed by atoms with Gasteiger partial charge in [0.25, 0.3) is 5.56 Å². The zero-order valence-corrected chi connectivity index (χ0v) is 20.2. The smallest absolute Gasteiger partial charge is 0.263 e. The Bertz CT molecular complexity index is 1420. The lowest BCUT2D eigenvalue weighted by molar-refractivity contribution is -0.118. The molecule has 1 unspecified atom stereocenters. The Morgan fingerprint density at radius 2 is 1.88 bits per heavy atom. The average Bonchev–Trinajstić information content (AvgIpc) is 3.10. The van der Waals surface area contributed by atoms with Gasteiger partial charge in [0.05, 0.1) is 11.7 Å². The number of thiophene rings is 1. The molecule has 0 radical (unpaired) electrons.